The Morgan fingerprint density at radius 1 is 0.739 bits per heavy atom. The monoisotopic (exact) mass is 298 g/mol. The maximum Gasteiger partial charge on any atom is 0.219 e. The molecule has 0 saturated carbocycles. The molecular weight excluding hydrogens is 284 g/mol. The molecule has 0 radical (unpaired) electrons. The van der Waals surface area contributed by atoms with E-state index in [9.17, 15) is 0 Å². The van der Waals surface area contributed by atoms with Crippen LogP contribution in [0.15, 0.2) is 85.2 Å². The highest BCUT2D eigenvalue weighted by Crippen LogP contribution is 2.27. The lowest BCUT2D eigenvalue weighted by atomic mass is 10.1. The Hall–Kier alpha value is -3.20. The molecule has 0 spiro atoms. The number of nitrogens with zero attached hydrogens (tertiary/aromatic N) is 2. The predicted octanol–water partition coefficient (Wildman–Crippen LogP) is 5.09. The molecule has 0 bridgehead atoms. The molecule has 4 aromatic rings. The summed E-state index contributed by atoms with van der Waals surface area (Å²) in [6.45, 7) is 0. The number of benzene rings is 2. The van der Waals surface area contributed by atoms with Gasteiger partial charge in [-0.1, -0.05) is 42.5 Å². The normalized spacial score (nSPS) is 10.6. The van der Waals surface area contributed by atoms with Gasteiger partial charge in [0.2, 0.25) is 5.88 Å². The lowest BCUT2D eigenvalue weighted by molar-refractivity contribution is 0.465. The number of hydrogen-bond donors (Lipinski definition) is 0. The number of ether oxygens (including phenoxy) is 1. The summed E-state index contributed by atoms with van der Waals surface area (Å²) >= 11 is 0. The van der Waals surface area contributed by atoms with Crippen molar-refractivity contribution in [1.29, 1.82) is 0 Å². The second-order valence-electron chi connectivity index (χ2n) is 5.21. The van der Waals surface area contributed by atoms with Crippen LogP contribution in [0.5, 0.6) is 11.6 Å². The van der Waals surface area contributed by atoms with Crippen molar-refractivity contribution in [3.05, 3.63) is 85.2 Å². The van der Waals surface area contributed by atoms with Crippen LogP contribution in [0, 0.1) is 0 Å². The Balaban J connectivity index is 1.65. The second-order valence-corrected chi connectivity index (χ2v) is 5.21. The maximum atomic E-state index is 5.91. The fourth-order valence-electron chi connectivity index (χ4n) is 2.50. The van der Waals surface area contributed by atoms with Crippen molar-refractivity contribution < 1.29 is 4.74 Å². The number of pyridine rings is 2. The fraction of sp³-hybridized carbons (Fsp3) is 0. The van der Waals surface area contributed by atoms with E-state index in [1.807, 2.05) is 54.6 Å². The number of rotatable bonds is 3. The molecule has 23 heavy (non-hydrogen) atoms. The molecule has 0 aliphatic carbocycles. The first-order chi connectivity index (χ1) is 11.4. The van der Waals surface area contributed by atoms with E-state index in [4.69, 9.17) is 4.74 Å². The zero-order valence-corrected chi connectivity index (χ0v) is 12.4. The SMILES string of the molecule is c1ccc(-c2cccc(Oc3ccc4ccncc4n3)c2)cc1. The van der Waals surface area contributed by atoms with E-state index in [0.29, 0.717) is 5.88 Å². The average Bonchev–Trinajstić information content (AvgIpc) is 2.63. The third-order valence-electron chi connectivity index (χ3n) is 3.63. The lowest BCUT2D eigenvalue weighted by Crippen LogP contribution is -1.89. The number of hydrogen-bond acceptors (Lipinski definition) is 3. The third-order valence-corrected chi connectivity index (χ3v) is 3.63. The Kier molecular flexibility index (Phi) is 3.45. The lowest BCUT2D eigenvalue weighted by Gasteiger charge is -2.08. The minimum atomic E-state index is 0.565. The first kappa shape index (κ1) is 13.5. The maximum absolute atomic E-state index is 5.91. The number of fused-ring (bicyclic) bond motifs is 1. The summed E-state index contributed by atoms with van der Waals surface area (Å²) in [5.74, 6) is 1.33. The van der Waals surface area contributed by atoms with Crippen molar-refractivity contribution in [3.8, 4) is 22.8 Å². The molecule has 0 unspecified atom stereocenters. The van der Waals surface area contributed by atoms with Crippen molar-refractivity contribution in [2.45, 2.75) is 0 Å². The van der Waals surface area contributed by atoms with Crippen molar-refractivity contribution in [1.82, 2.24) is 9.97 Å². The zero-order valence-electron chi connectivity index (χ0n) is 12.4. The molecule has 2 heterocycles. The molecule has 0 N–H and O–H groups in total. The summed E-state index contributed by atoms with van der Waals surface area (Å²) in [7, 11) is 0. The first-order valence-electron chi connectivity index (χ1n) is 7.43. The van der Waals surface area contributed by atoms with Gasteiger partial charge in [0.05, 0.1) is 11.7 Å². The zero-order chi connectivity index (χ0) is 15.5. The van der Waals surface area contributed by atoms with Gasteiger partial charge in [-0.15, -0.1) is 0 Å². The highest BCUT2D eigenvalue weighted by Gasteiger charge is 2.03. The van der Waals surface area contributed by atoms with Crippen LogP contribution in [-0.4, -0.2) is 9.97 Å². The van der Waals surface area contributed by atoms with Crippen LogP contribution in [0.2, 0.25) is 0 Å². The van der Waals surface area contributed by atoms with Gasteiger partial charge in [0.1, 0.15) is 5.75 Å². The van der Waals surface area contributed by atoms with Crippen LogP contribution in [-0.2, 0) is 0 Å². The standard InChI is InChI=1S/C20H14N2O/c1-2-5-15(6-3-1)17-7-4-8-18(13-17)23-20-10-9-16-11-12-21-14-19(16)22-20/h1-14H. The van der Waals surface area contributed by atoms with Gasteiger partial charge in [-0.3, -0.25) is 4.98 Å². The van der Waals surface area contributed by atoms with Crippen molar-refractivity contribution >= 4 is 10.9 Å². The summed E-state index contributed by atoms with van der Waals surface area (Å²) in [5, 5.41) is 1.05. The molecule has 0 amide bonds. The quantitative estimate of drug-likeness (QED) is 0.528. The second kappa shape index (κ2) is 5.89. The molecule has 0 aliphatic heterocycles. The molecule has 0 atom stereocenters. The van der Waals surface area contributed by atoms with Gasteiger partial charge in [-0.05, 0) is 35.4 Å². The van der Waals surface area contributed by atoms with Gasteiger partial charge in [0.25, 0.3) is 0 Å². The molecule has 3 nitrogen and oxygen atoms in total. The Labute approximate surface area is 134 Å². The van der Waals surface area contributed by atoms with E-state index in [1.165, 1.54) is 0 Å². The fourth-order valence-corrected chi connectivity index (χ4v) is 2.50. The molecule has 0 aliphatic rings. The van der Waals surface area contributed by atoms with Crippen LogP contribution < -0.4 is 4.74 Å². The van der Waals surface area contributed by atoms with Crippen molar-refractivity contribution in [2.24, 2.45) is 0 Å². The molecule has 110 valence electrons. The van der Waals surface area contributed by atoms with Crippen molar-refractivity contribution in [3.63, 3.8) is 0 Å². The Morgan fingerprint density at radius 2 is 1.61 bits per heavy atom. The Morgan fingerprint density at radius 3 is 2.52 bits per heavy atom. The van der Waals surface area contributed by atoms with E-state index in [1.54, 1.807) is 12.4 Å². The molecule has 3 heteroatoms. The first-order valence-corrected chi connectivity index (χ1v) is 7.43. The molecule has 0 saturated heterocycles. The molecule has 2 aromatic carbocycles. The minimum Gasteiger partial charge on any atom is -0.439 e. The van der Waals surface area contributed by atoms with Gasteiger partial charge >= 0.3 is 0 Å². The summed E-state index contributed by atoms with van der Waals surface area (Å²) in [6.07, 6.45) is 3.50. The van der Waals surface area contributed by atoms with E-state index >= 15 is 0 Å². The van der Waals surface area contributed by atoms with Gasteiger partial charge in [-0.25, -0.2) is 4.98 Å². The van der Waals surface area contributed by atoms with Crippen LogP contribution in [0.4, 0.5) is 0 Å². The largest absolute Gasteiger partial charge is 0.439 e. The van der Waals surface area contributed by atoms with E-state index in [2.05, 4.69) is 28.2 Å². The van der Waals surface area contributed by atoms with E-state index in [-0.39, 0.29) is 0 Å². The minimum absolute atomic E-state index is 0.565. The Bertz CT molecular complexity index is 952. The highest BCUT2D eigenvalue weighted by molar-refractivity contribution is 5.77. The molecule has 2 aromatic heterocycles. The van der Waals surface area contributed by atoms with Crippen LogP contribution in [0.3, 0.4) is 0 Å². The molecule has 0 fully saturated rings. The van der Waals surface area contributed by atoms with Gasteiger partial charge in [0, 0.05) is 17.6 Å². The van der Waals surface area contributed by atoms with Crippen LogP contribution in [0.1, 0.15) is 0 Å². The summed E-state index contributed by atoms with van der Waals surface area (Å²) < 4.78 is 5.91. The topological polar surface area (TPSA) is 35.0 Å². The smallest absolute Gasteiger partial charge is 0.219 e. The summed E-state index contributed by atoms with van der Waals surface area (Å²) in [4.78, 5) is 8.58. The van der Waals surface area contributed by atoms with Gasteiger partial charge in [-0.2, -0.15) is 0 Å². The van der Waals surface area contributed by atoms with Gasteiger partial charge in [0.15, 0.2) is 0 Å². The van der Waals surface area contributed by atoms with E-state index < -0.39 is 0 Å². The van der Waals surface area contributed by atoms with Crippen LogP contribution >= 0.6 is 0 Å². The summed E-state index contributed by atoms with van der Waals surface area (Å²) in [5.41, 5.74) is 3.10. The van der Waals surface area contributed by atoms with Crippen molar-refractivity contribution in [2.75, 3.05) is 0 Å². The summed E-state index contributed by atoms with van der Waals surface area (Å²) in [6, 6.07) is 24.0. The molecular formula is C20H14N2O. The van der Waals surface area contributed by atoms with E-state index in [0.717, 1.165) is 27.8 Å². The highest BCUT2D eigenvalue weighted by atomic mass is 16.5. The van der Waals surface area contributed by atoms with Crippen LogP contribution in [0.25, 0.3) is 22.0 Å². The predicted molar refractivity (Wildman–Crippen MR) is 91.5 cm³/mol. The third kappa shape index (κ3) is 2.90. The molecule has 4 rings (SSSR count). The average molecular weight is 298 g/mol. The number of aromatic nitrogens is 2. The van der Waals surface area contributed by atoms with Gasteiger partial charge < -0.3 is 4.74 Å².